The standard InChI is InChI=1S/C34H55N3O7/c1-9-11-15-25(39)35-21-23(3)43-31(42)26-24-16-17-34(44-24)27(26)29(40)36(19-13-12-14-20-38)28(34)30(41)37(18-10-2)33(7,8)22-32(4,5)6/h9-10,23-24,26-28,38H,1-2,11-22H2,3-8H3,(H,35,39)/t23-,24-,26+,27+,28-,34+/m0/s1. The molecule has 0 saturated carbocycles. The predicted octanol–water partition coefficient (Wildman–Crippen LogP) is 3.77. The Morgan fingerprint density at radius 1 is 1.18 bits per heavy atom. The van der Waals surface area contributed by atoms with Crippen molar-refractivity contribution in [3.8, 4) is 0 Å². The van der Waals surface area contributed by atoms with E-state index < -0.39 is 47.2 Å². The number of esters is 1. The number of carbonyl (C=O) groups excluding carboxylic acids is 4. The van der Waals surface area contributed by atoms with Crippen molar-refractivity contribution in [2.75, 3.05) is 26.2 Å². The Kier molecular flexibility index (Phi) is 11.9. The first-order valence-corrected chi connectivity index (χ1v) is 16.2. The molecule has 3 aliphatic heterocycles. The SMILES string of the molecule is C=CCCC(=O)NC[C@H](C)OC(=O)[C@@H]1[C@@H]2CC[C@]3(O2)[C@H](C(=O)N(CC=C)C(C)(C)CC(C)(C)C)N(CCCCCO)C(=O)[C@@H]13. The molecule has 0 aromatic rings. The molecule has 0 aliphatic carbocycles. The summed E-state index contributed by atoms with van der Waals surface area (Å²) in [5.74, 6) is -2.80. The topological polar surface area (TPSA) is 125 Å². The van der Waals surface area contributed by atoms with E-state index in [0.29, 0.717) is 58.0 Å². The highest BCUT2D eigenvalue weighted by atomic mass is 16.6. The molecule has 6 atom stereocenters. The molecule has 1 spiro atoms. The molecule has 3 aliphatic rings. The fourth-order valence-corrected chi connectivity index (χ4v) is 7.71. The monoisotopic (exact) mass is 617 g/mol. The lowest BCUT2D eigenvalue weighted by molar-refractivity contribution is -0.159. The van der Waals surface area contributed by atoms with Gasteiger partial charge >= 0.3 is 5.97 Å². The van der Waals surface area contributed by atoms with Gasteiger partial charge in [0.25, 0.3) is 0 Å². The van der Waals surface area contributed by atoms with E-state index in [1.54, 1.807) is 24.0 Å². The minimum Gasteiger partial charge on any atom is -0.460 e. The maximum absolute atomic E-state index is 14.7. The summed E-state index contributed by atoms with van der Waals surface area (Å²) in [7, 11) is 0. The van der Waals surface area contributed by atoms with Gasteiger partial charge in [-0.15, -0.1) is 13.2 Å². The highest BCUT2D eigenvalue weighted by molar-refractivity contribution is 5.98. The third-order valence-electron chi connectivity index (χ3n) is 9.11. The Labute approximate surface area is 263 Å². The summed E-state index contributed by atoms with van der Waals surface area (Å²) in [6.45, 7) is 20.6. The van der Waals surface area contributed by atoms with Gasteiger partial charge in [0.2, 0.25) is 17.7 Å². The largest absolute Gasteiger partial charge is 0.460 e. The van der Waals surface area contributed by atoms with Crippen molar-refractivity contribution in [1.82, 2.24) is 15.1 Å². The molecule has 0 radical (unpaired) electrons. The lowest BCUT2D eigenvalue weighted by Crippen LogP contribution is -2.61. The van der Waals surface area contributed by atoms with E-state index >= 15 is 0 Å². The number of likely N-dealkylation sites (tertiary alicyclic amines) is 1. The molecule has 3 saturated heterocycles. The summed E-state index contributed by atoms with van der Waals surface area (Å²) < 4.78 is 12.4. The molecule has 0 aromatic heterocycles. The molecule has 44 heavy (non-hydrogen) atoms. The van der Waals surface area contributed by atoms with E-state index in [0.717, 1.165) is 6.42 Å². The maximum atomic E-state index is 14.7. The van der Waals surface area contributed by atoms with E-state index in [9.17, 15) is 24.3 Å². The van der Waals surface area contributed by atoms with Crippen LogP contribution in [0.1, 0.15) is 92.9 Å². The minimum atomic E-state index is -1.13. The number of hydrogen-bond donors (Lipinski definition) is 2. The van der Waals surface area contributed by atoms with Crippen LogP contribution in [0.15, 0.2) is 25.3 Å². The van der Waals surface area contributed by atoms with Crippen molar-refractivity contribution in [3.05, 3.63) is 25.3 Å². The Balaban J connectivity index is 1.90. The van der Waals surface area contributed by atoms with Gasteiger partial charge in [-0.1, -0.05) is 32.9 Å². The second-order valence-corrected chi connectivity index (χ2v) is 14.5. The van der Waals surface area contributed by atoms with Crippen molar-refractivity contribution >= 4 is 23.7 Å². The summed E-state index contributed by atoms with van der Waals surface area (Å²) in [5.41, 5.74) is -1.72. The third kappa shape index (κ3) is 7.73. The van der Waals surface area contributed by atoms with Crippen LogP contribution in [0.2, 0.25) is 0 Å². The summed E-state index contributed by atoms with van der Waals surface area (Å²) >= 11 is 0. The molecule has 10 nitrogen and oxygen atoms in total. The van der Waals surface area contributed by atoms with Crippen molar-refractivity contribution in [1.29, 1.82) is 0 Å². The third-order valence-corrected chi connectivity index (χ3v) is 9.11. The first-order valence-electron chi connectivity index (χ1n) is 16.2. The van der Waals surface area contributed by atoms with Gasteiger partial charge in [0, 0.05) is 31.7 Å². The quantitative estimate of drug-likeness (QED) is 0.145. The molecule has 3 rings (SSSR count). The van der Waals surface area contributed by atoms with Gasteiger partial charge in [-0.2, -0.15) is 0 Å². The van der Waals surface area contributed by atoms with Gasteiger partial charge < -0.3 is 29.7 Å². The molecule has 0 aromatic carbocycles. The summed E-state index contributed by atoms with van der Waals surface area (Å²) in [6.07, 6.45) is 6.82. The smallest absolute Gasteiger partial charge is 0.312 e. The molecule has 248 valence electrons. The van der Waals surface area contributed by atoms with Gasteiger partial charge in [-0.25, -0.2) is 0 Å². The van der Waals surface area contributed by atoms with Crippen LogP contribution in [-0.2, 0) is 28.7 Å². The highest BCUT2D eigenvalue weighted by Gasteiger charge is 2.75. The zero-order chi connectivity index (χ0) is 32.9. The number of aliphatic hydroxyl groups is 1. The number of allylic oxidation sites excluding steroid dienone is 1. The molecule has 3 fully saturated rings. The molecular weight excluding hydrogens is 562 g/mol. The van der Waals surface area contributed by atoms with E-state index in [-0.39, 0.29) is 36.3 Å². The molecule has 3 amide bonds. The zero-order valence-corrected chi connectivity index (χ0v) is 27.7. The number of aliphatic hydroxyl groups excluding tert-OH is 1. The zero-order valence-electron chi connectivity index (χ0n) is 27.7. The number of amides is 3. The van der Waals surface area contributed by atoms with Crippen LogP contribution in [0.25, 0.3) is 0 Å². The lowest BCUT2D eigenvalue weighted by Gasteiger charge is -2.45. The van der Waals surface area contributed by atoms with Crippen LogP contribution in [0.4, 0.5) is 0 Å². The number of carbonyl (C=O) groups is 4. The maximum Gasteiger partial charge on any atom is 0.312 e. The van der Waals surface area contributed by atoms with Gasteiger partial charge in [0.05, 0.1) is 24.5 Å². The molecular formula is C34H55N3O7. The molecule has 10 heteroatoms. The van der Waals surface area contributed by atoms with Crippen molar-refractivity contribution < 1.29 is 33.8 Å². The van der Waals surface area contributed by atoms with E-state index in [1.165, 1.54) is 0 Å². The average molecular weight is 618 g/mol. The van der Waals surface area contributed by atoms with E-state index in [4.69, 9.17) is 9.47 Å². The number of unbranched alkanes of at least 4 members (excludes halogenated alkanes) is 2. The van der Waals surface area contributed by atoms with Crippen LogP contribution >= 0.6 is 0 Å². The lowest BCUT2D eigenvalue weighted by atomic mass is 9.70. The van der Waals surface area contributed by atoms with Gasteiger partial charge in [0.15, 0.2) is 0 Å². The van der Waals surface area contributed by atoms with Crippen LogP contribution in [0.5, 0.6) is 0 Å². The van der Waals surface area contributed by atoms with E-state index in [1.807, 2.05) is 18.7 Å². The number of ether oxygens (including phenoxy) is 2. The van der Waals surface area contributed by atoms with Crippen molar-refractivity contribution in [3.63, 3.8) is 0 Å². The average Bonchev–Trinajstić information content (AvgIpc) is 3.57. The van der Waals surface area contributed by atoms with Gasteiger partial charge in [-0.05, 0) is 71.1 Å². The Morgan fingerprint density at radius 3 is 2.50 bits per heavy atom. The number of rotatable bonds is 17. The Morgan fingerprint density at radius 2 is 1.89 bits per heavy atom. The Bertz CT molecular complexity index is 1080. The molecule has 3 heterocycles. The van der Waals surface area contributed by atoms with Gasteiger partial charge in [0.1, 0.15) is 17.7 Å². The predicted molar refractivity (Wildman–Crippen MR) is 168 cm³/mol. The van der Waals surface area contributed by atoms with Crippen LogP contribution in [0.3, 0.4) is 0 Å². The van der Waals surface area contributed by atoms with E-state index in [2.05, 4.69) is 39.2 Å². The number of nitrogens with zero attached hydrogens (tertiary/aromatic N) is 2. The molecule has 2 N–H and O–H groups in total. The van der Waals surface area contributed by atoms with Crippen LogP contribution < -0.4 is 5.32 Å². The first kappa shape index (κ1) is 35.8. The minimum absolute atomic E-state index is 0.0571. The van der Waals surface area contributed by atoms with Crippen LogP contribution in [-0.4, -0.2) is 94.2 Å². The van der Waals surface area contributed by atoms with Crippen molar-refractivity contribution in [2.24, 2.45) is 17.3 Å². The van der Waals surface area contributed by atoms with Crippen LogP contribution in [0, 0.1) is 17.3 Å². The number of nitrogens with one attached hydrogen (secondary N) is 1. The Hall–Kier alpha value is -2.72. The molecule has 0 unspecified atom stereocenters. The summed E-state index contributed by atoms with van der Waals surface area (Å²) in [5, 5.41) is 12.1. The fraction of sp³-hybridized carbons (Fsp3) is 0.765. The second-order valence-electron chi connectivity index (χ2n) is 14.5. The number of fused-ring (bicyclic) bond motifs is 1. The van der Waals surface area contributed by atoms with Gasteiger partial charge in [-0.3, -0.25) is 19.2 Å². The summed E-state index contributed by atoms with van der Waals surface area (Å²) in [6, 6.07) is -0.877. The second kappa shape index (κ2) is 14.6. The van der Waals surface area contributed by atoms with Crippen molar-refractivity contribution in [2.45, 2.75) is 122 Å². The normalized spacial score (nSPS) is 26.7. The molecule has 2 bridgehead atoms. The summed E-state index contributed by atoms with van der Waals surface area (Å²) in [4.78, 5) is 58.1. The highest BCUT2D eigenvalue weighted by Crippen LogP contribution is 2.59. The number of hydrogen-bond acceptors (Lipinski definition) is 7. The first-order chi connectivity index (χ1) is 20.6. The fourth-order valence-electron chi connectivity index (χ4n) is 7.71.